The molecular formula is C18H14Cl2N2O3S. The molecule has 5 nitrogen and oxygen atoms in total. The second-order valence-corrected chi connectivity index (χ2v) is 6.88. The second-order valence-electron chi connectivity index (χ2n) is 5.18. The third-order valence-corrected chi connectivity index (χ3v) is 4.89. The first-order valence-electron chi connectivity index (χ1n) is 7.46. The smallest absolute Gasteiger partial charge is 0.261 e. The molecule has 2 aromatic carbocycles. The molecule has 0 atom stereocenters. The van der Waals surface area contributed by atoms with Crippen LogP contribution < -0.4 is 14.8 Å². The lowest BCUT2D eigenvalue weighted by Crippen LogP contribution is -2.13. The van der Waals surface area contributed by atoms with Gasteiger partial charge < -0.3 is 9.47 Å². The van der Waals surface area contributed by atoms with Crippen LogP contribution in [0.25, 0.3) is 11.3 Å². The monoisotopic (exact) mass is 408 g/mol. The van der Waals surface area contributed by atoms with Crippen LogP contribution >= 0.6 is 34.5 Å². The van der Waals surface area contributed by atoms with Crippen LogP contribution in [0.15, 0.2) is 41.8 Å². The second kappa shape index (κ2) is 7.95. The number of halogens is 2. The lowest BCUT2D eigenvalue weighted by Gasteiger charge is -2.09. The molecule has 8 heteroatoms. The van der Waals surface area contributed by atoms with Gasteiger partial charge in [-0.15, -0.1) is 11.3 Å². The molecule has 3 rings (SSSR count). The van der Waals surface area contributed by atoms with Gasteiger partial charge in [0, 0.05) is 22.0 Å². The van der Waals surface area contributed by atoms with E-state index < -0.39 is 0 Å². The Kier molecular flexibility index (Phi) is 5.66. The average Bonchev–Trinajstić information content (AvgIpc) is 3.09. The summed E-state index contributed by atoms with van der Waals surface area (Å²) in [6, 6.07) is 10.2. The zero-order valence-corrected chi connectivity index (χ0v) is 16.2. The van der Waals surface area contributed by atoms with Crippen LogP contribution in [0, 0.1) is 0 Å². The van der Waals surface area contributed by atoms with Gasteiger partial charge in [0.2, 0.25) is 0 Å². The summed E-state index contributed by atoms with van der Waals surface area (Å²) in [6.45, 7) is 0. The molecule has 0 saturated carbocycles. The number of aromatic nitrogens is 1. The Morgan fingerprint density at radius 3 is 2.62 bits per heavy atom. The van der Waals surface area contributed by atoms with Crippen LogP contribution in [-0.2, 0) is 0 Å². The highest BCUT2D eigenvalue weighted by molar-refractivity contribution is 7.14. The van der Waals surface area contributed by atoms with Crippen molar-refractivity contribution in [3.8, 4) is 22.8 Å². The Labute approximate surface area is 164 Å². The normalized spacial score (nSPS) is 10.5. The molecule has 0 unspecified atom stereocenters. The fourth-order valence-corrected chi connectivity index (χ4v) is 3.51. The predicted octanol–water partition coefficient (Wildman–Crippen LogP) is 5.39. The van der Waals surface area contributed by atoms with Gasteiger partial charge in [-0.25, -0.2) is 4.98 Å². The van der Waals surface area contributed by atoms with Crippen molar-refractivity contribution in [1.82, 2.24) is 4.98 Å². The Bertz CT molecular complexity index is 959. The van der Waals surface area contributed by atoms with E-state index in [-0.39, 0.29) is 5.91 Å². The van der Waals surface area contributed by atoms with E-state index in [1.54, 1.807) is 43.5 Å². The SMILES string of the molecule is COc1ccc(C(=O)Nc2nc(-c3ccc(Cl)cc3Cl)cs2)c(OC)c1. The van der Waals surface area contributed by atoms with Gasteiger partial charge in [-0.2, -0.15) is 0 Å². The van der Waals surface area contributed by atoms with Crippen molar-refractivity contribution in [1.29, 1.82) is 0 Å². The van der Waals surface area contributed by atoms with E-state index in [4.69, 9.17) is 32.7 Å². The molecule has 0 bridgehead atoms. The highest BCUT2D eigenvalue weighted by Gasteiger charge is 2.16. The van der Waals surface area contributed by atoms with Gasteiger partial charge >= 0.3 is 0 Å². The minimum atomic E-state index is -0.326. The van der Waals surface area contributed by atoms with Gasteiger partial charge in [0.25, 0.3) is 5.91 Å². The number of nitrogens with zero attached hydrogens (tertiary/aromatic N) is 1. The molecule has 134 valence electrons. The predicted molar refractivity (Wildman–Crippen MR) is 105 cm³/mol. The Morgan fingerprint density at radius 1 is 1.12 bits per heavy atom. The lowest BCUT2D eigenvalue weighted by molar-refractivity contribution is 0.102. The van der Waals surface area contributed by atoms with Crippen molar-refractivity contribution in [2.75, 3.05) is 19.5 Å². The molecule has 3 aromatic rings. The molecule has 0 aliphatic heterocycles. The van der Waals surface area contributed by atoms with Gasteiger partial charge in [-0.1, -0.05) is 23.2 Å². The number of rotatable bonds is 5. The van der Waals surface area contributed by atoms with Crippen LogP contribution in [0.2, 0.25) is 10.0 Å². The average molecular weight is 409 g/mol. The summed E-state index contributed by atoms with van der Waals surface area (Å²) in [5.74, 6) is 0.694. The number of amides is 1. The lowest BCUT2D eigenvalue weighted by atomic mass is 10.2. The van der Waals surface area contributed by atoms with Crippen molar-refractivity contribution in [3.63, 3.8) is 0 Å². The van der Waals surface area contributed by atoms with E-state index in [1.807, 2.05) is 5.38 Å². The first-order chi connectivity index (χ1) is 12.5. The molecule has 26 heavy (non-hydrogen) atoms. The molecular weight excluding hydrogens is 395 g/mol. The Hall–Kier alpha value is -2.28. The van der Waals surface area contributed by atoms with Gasteiger partial charge in [-0.3, -0.25) is 10.1 Å². The Balaban J connectivity index is 1.82. The number of hydrogen-bond acceptors (Lipinski definition) is 5. The molecule has 1 heterocycles. The minimum absolute atomic E-state index is 0.326. The van der Waals surface area contributed by atoms with E-state index >= 15 is 0 Å². The largest absolute Gasteiger partial charge is 0.497 e. The molecule has 1 aromatic heterocycles. The number of carbonyl (C=O) groups excluding carboxylic acids is 1. The summed E-state index contributed by atoms with van der Waals surface area (Å²) >= 11 is 13.4. The van der Waals surface area contributed by atoms with E-state index in [0.717, 1.165) is 5.56 Å². The van der Waals surface area contributed by atoms with Gasteiger partial charge in [0.05, 0.1) is 30.5 Å². The maximum absolute atomic E-state index is 12.5. The van der Waals surface area contributed by atoms with Crippen molar-refractivity contribution in [3.05, 3.63) is 57.4 Å². The summed E-state index contributed by atoms with van der Waals surface area (Å²) < 4.78 is 10.4. The fraction of sp³-hybridized carbons (Fsp3) is 0.111. The number of carbonyl (C=O) groups is 1. The van der Waals surface area contributed by atoms with Crippen LogP contribution in [0.4, 0.5) is 5.13 Å². The number of methoxy groups -OCH3 is 2. The van der Waals surface area contributed by atoms with E-state index in [2.05, 4.69) is 10.3 Å². The number of benzene rings is 2. The van der Waals surface area contributed by atoms with Crippen LogP contribution in [0.1, 0.15) is 10.4 Å². The fourth-order valence-electron chi connectivity index (χ4n) is 2.30. The molecule has 0 aliphatic rings. The molecule has 1 amide bonds. The standard InChI is InChI=1S/C18H14Cl2N2O3S/c1-24-11-4-6-13(16(8-11)25-2)17(23)22-18-21-15(9-26-18)12-5-3-10(19)7-14(12)20/h3-9H,1-2H3,(H,21,22,23). The third-order valence-electron chi connectivity index (χ3n) is 3.59. The summed E-state index contributed by atoms with van der Waals surface area (Å²) in [4.78, 5) is 17.0. The zero-order chi connectivity index (χ0) is 18.7. The van der Waals surface area contributed by atoms with Crippen molar-refractivity contribution < 1.29 is 14.3 Å². The maximum atomic E-state index is 12.5. The third kappa shape index (κ3) is 3.93. The van der Waals surface area contributed by atoms with Gasteiger partial charge in [0.15, 0.2) is 5.13 Å². The minimum Gasteiger partial charge on any atom is -0.497 e. The van der Waals surface area contributed by atoms with E-state index in [1.165, 1.54) is 18.4 Å². The molecule has 1 N–H and O–H groups in total. The van der Waals surface area contributed by atoms with Crippen LogP contribution in [-0.4, -0.2) is 25.1 Å². The van der Waals surface area contributed by atoms with Crippen molar-refractivity contribution >= 4 is 45.6 Å². The number of ether oxygens (including phenoxy) is 2. The molecule has 0 aliphatic carbocycles. The summed E-state index contributed by atoms with van der Waals surface area (Å²) in [7, 11) is 3.04. The first kappa shape index (κ1) is 18.5. The highest BCUT2D eigenvalue weighted by atomic mass is 35.5. The molecule has 0 spiro atoms. The number of anilines is 1. The van der Waals surface area contributed by atoms with Gasteiger partial charge in [0.1, 0.15) is 11.5 Å². The summed E-state index contributed by atoms with van der Waals surface area (Å²) in [6.07, 6.45) is 0. The summed E-state index contributed by atoms with van der Waals surface area (Å²) in [5.41, 5.74) is 1.79. The van der Waals surface area contributed by atoms with Crippen LogP contribution in [0.3, 0.4) is 0 Å². The maximum Gasteiger partial charge on any atom is 0.261 e. The van der Waals surface area contributed by atoms with Crippen LogP contribution in [0.5, 0.6) is 11.5 Å². The van der Waals surface area contributed by atoms with Crippen molar-refractivity contribution in [2.45, 2.75) is 0 Å². The summed E-state index contributed by atoms with van der Waals surface area (Å²) in [5, 5.41) is 6.09. The quantitative estimate of drug-likeness (QED) is 0.614. The van der Waals surface area contributed by atoms with Crippen molar-refractivity contribution in [2.24, 2.45) is 0 Å². The number of hydrogen-bond donors (Lipinski definition) is 1. The van der Waals surface area contributed by atoms with Gasteiger partial charge in [-0.05, 0) is 30.3 Å². The number of thiazole rings is 1. The molecule has 0 fully saturated rings. The van der Waals surface area contributed by atoms with E-state index in [9.17, 15) is 4.79 Å². The first-order valence-corrected chi connectivity index (χ1v) is 9.09. The highest BCUT2D eigenvalue weighted by Crippen LogP contribution is 2.33. The van der Waals surface area contributed by atoms with E-state index in [0.29, 0.717) is 37.9 Å². The molecule has 0 radical (unpaired) electrons. The topological polar surface area (TPSA) is 60.5 Å². The zero-order valence-electron chi connectivity index (χ0n) is 13.9. The Morgan fingerprint density at radius 2 is 1.92 bits per heavy atom. The molecule has 0 saturated heterocycles. The number of nitrogens with one attached hydrogen (secondary N) is 1.